The summed E-state index contributed by atoms with van der Waals surface area (Å²) in [6.45, 7) is 4.31. The number of carbonyl (C=O) groups excluding carboxylic acids is 2. The summed E-state index contributed by atoms with van der Waals surface area (Å²) in [7, 11) is 1.75. The first-order valence-corrected chi connectivity index (χ1v) is 7.74. The fourth-order valence-corrected chi connectivity index (χ4v) is 2.67. The molecule has 0 aromatic rings. The summed E-state index contributed by atoms with van der Waals surface area (Å²) < 4.78 is 0. The number of likely N-dealkylation sites (N-methyl/N-ethyl adjacent to an activating group) is 1. The Hall–Kier alpha value is -1.10. The zero-order chi connectivity index (χ0) is 15.1. The summed E-state index contributed by atoms with van der Waals surface area (Å²) in [5, 5.41) is 2.79. The molecule has 0 spiro atoms. The van der Waals surface area contributed by atoms with Crippen LogP contribution in [0.5, 0.6) is 0 Å². The third-order valence-corrected chi connectivity index (χ3v) is 4.27. The van der Waals surface area contributed by atoms with E-state index < -0.39 is 6.04 Å². The van der Waals surface area contributed by atoms with Gasteiger partial charge in [0.1, 0.15) is 6.04 Å². The zero-order valence-electron chi connectivity index (χ0n) is 13.0. The Morgan fingerprint density at radius 1 is 1.30 bits per heavy atom. The number of nitrogens with zero attached hydrogens (tertiary/aromatic N) is 1. The molecule has 3 N–H and O–H groups in total. The fourth-order valence-electron chi connectivity index (χ4n) is 2.67. The van der Waals surface area contributed by atoms with Gasteiger partial charge in [0, 0.05) is 26.1 Å². The van der Waals surface area contributed by atoms with Crippen molar-refractivity contribution in [3.05, 3.63) is 0 Å². The molecule has 0 aromatic carbocycles. The third kappa shape index (κ3) is 5.49. The van der Waals surface area contributed by atoms with E-state index >= 15 is 0 Å². The van der Waals surface area contributed by atoms with E-state index in [9.17, 15) is 9.59 Å². The van der Waals surface area contributed by atoms with Crippen molar-refractivity contribution in [3.8, 4) is 0 Å². The van der Waals surface area contributed by atoms with Gasteiger partial charge in [-0.25, -0.2) is 0 Å². The van der Waals surface area contributed by atoms with Crippen LogP contribution < -0.4 is 11.1 Å². The highest BCUT2D eigenvalue weighted by atomic mass is 16.2. The fraction of sp³-hybridized carbons (Fsp3) is 0.867. The van der Waals surface area contributed by atoms with Crippen LogP contribution in [0, 0.1) is 5.92 Å². The van der Waals surface area contributed by atoms with Gasteiger partial charge in [-0.05, 0) is 51.9 Å². The second-order valence-electron chi connectivity index (χ2n) is 5.96. The molecule has 1 saturated carbocycles. The number of hydrogen-bond donors (Lipinski definition) is 2. The topological polar surface area (TPSA) is 75.4 Å². The van der Waals surface area contributed by atoms with E-state index in [1.165, 1.54) is 0 Å². The molecule has 0 aromatic heterocycles. The van der Waals surface area contributed by atoms with Gasteiger partial charge in [0.05, 0.1) is 0 Å². The van der Waals surface area contributed by atoms with Crippen molar-refractivity contribution in [2.45, 2.75) is 64.5 Å². The molecule has 1 aliphatic rings. The van der Waals surface area contributed by atoms with E-state index in [-0.39, 0.29) is 11.8 Å². The Kier molecular flexibility index (Phi) is 6.99. The molecule has 1 aliphatic carbocycles. The second kappa shape index (κ2) is 8.25. The molecule has 0 saturated heterocycles. The summed E-state index contributed by atoms with van der Waals surface area (Å²) in [5.41, 5.74) is 5.87. The maximum atomic E-state index is 11.9. The van der Waals surface area contributed by atoms with Crippen molar-refractivity contribution < 1.29 is 9.59 Å². The highest BCUT2D eigenvalue weighted by molar-refractivity contribution is 5.87. The number of rotatable bonds is 6. The summed E-state index contributed by atoms with van der Waals surface area (Å²) in [4.78, 5) is 25.3. The van der Waals surface area contributed by atoms with Gasteiger partial charge in [-0.2, -0.15) is 0 Å². The molecule has 5 nitrogen and oxygen atoms in total. The van der Waals surface area contributed by atoms with Crippen LogP contribution in [0.2, 0.25) is 0 Å². The molecule has 116 valence electrons. The van der Waals surface area contributed by atoms with Crippen molar-refractivity contribution in [2.75, 3.05) is 13.6 Å². The van der Waals surface area contributed by atoms with Crippen molar-refractivity contribution in [2.24, 2.45) is 11.7 Å². The van der Waals surface area contributed by atoms with Crippen LogP contribution in [0.15, 0.2) is 0 Å². The highest BCUT2D eigenvalue weighted by Crippen LogP contribution is 2.26. The van der Waals surface area contributed by atoms with Gasteiger partial charge in [0.2, 0.25) is 11.8 Å². The SMILES string of the molecule is CCN(C)C(=O)C(C)NC(=O)CCC1CCC(N)CC1. The Labute approximate surface area is 122 Å². The monoisotopic (exact) mass is 283 g/mol. The Morgan fingerprint density at radius 3 is 2.45 bits per heavy atom. The van der Waals surface area contributed by atoms with Crippen molar-refractivity contribution in [1.82, 2.24) is 10.2 Å². The van der Waals surface area contributed by atoms with E-state index in [1.807, 2.05) is 6.92 Å². The zero-order valence-corrected chi connectivity index (χ0v) is 13.0. The molecule has 0 radical (unpaired) electrons. The lowest BCUT2D eigenvalue weighted by Gasteiger charge is -2.26. The number of nitrogens with two attached hydrogens (primary N) is 1. The Morgan fingerprint density at radius 2 is 1.90 bits per heavy atom. The quantitative estimate of drug-likeness (QED) is 0.770. The molecule has 1 atom stereocenters. The van der Waals surface area contributed by atoms with E-state index in [4.69, 9.17) is 5.73 Å². The Balaban J connectivity index is 2.24. The van der Waals surface area contributed by atoms with Gasteiger partial charge in [-0.3, -0.25) is 9.59 Å². The summed E-state index contributed by atoms with van der Waals surface area (Å²) in [6.07, 6.45) is 5.81. The molecule has 2 amide bonds. The molecule has 1 unspecified atom stereocenters. The number of amides is 2. The minimum atomic E-state index is -0.438. The lowest BCUT2D eigenvalue weighted by atomic mass is 9.84. The van der Waals surface area contributed by atoms with Crippen molar-refractivity contribution in [3.63, 3.8) is 0 Å². The Bertz CT molecular complexity index is 325. The predicted octanol–water partition coefficient (Wildman–Crippen LogP) is 1.27. The number of nitrogens with one attached hydrogen (secondary N) is 1. The maximum absolute atomic E-state index is 11.9. The average molecular weight is 283 g/mol. The largest absolute Gasteiger partial charge is 0.345 e. The maximum Gasteiger partial charge on any atom is 0.244 e. The van der Waals surface area contributed by atoms with Crippen LogP contribution in [-0.4, -0.2) is 42.4 Å². The van der Waals surface area contributed by atoms with E-state index in [2.05, 4.69) is 5.32 Å². The number of hydrogen-bond acceptors (Lipinski definition) is 3. The molecule has 5 heteroatoms. The van der Waals surface area contributed by atoms with Gasteiger partial charge in [0.15, 0.2) is 0 Å². The van der Waals surface area contributed by atoms with Crippen LogP contribution in [-0.2, 0) is 9.59 Å². The van der Waals surface area contributed by atoms with E-state index in [1.54, 1.807) is 18.9 Å². The number of carbonyl (C=O) groups is 2. The molecule has 0 bridgehead atoms. The summed E-state index contributed by atoms with van der Waals surface area (Å²) in [6, 6.07) is -0.0884. The lowest BCUT2D eigenvalue weighted by molar-refractivity contribution is -0.134. The second-order valence-corrected chi connectivity index (χ2v) is 5.96. The first-order chi connectivity index (χ1) is 9.43. The van der Waals surface area contributed by atoms with Gasteiger partial charge < -0.3 is 16.0 Å². The summed E-state index contributed by atoms with van der Waals surface area (Å²) >= 11 is 0. The summed E-state index contributed by atoms with van der Waals surface area (Å²) in [5.74, 6) is 0.555. The van der Waals surface area contributed by atoms with Crippen molar-refractivity contribution >= 4 is 11.8 Å². The van der Waals surface area contributed by atoms with Gasteiger partial charge >= 0.3 is 0 Å². The van der Waals surface area contributed by atoms with Crippen LogP contribution in [0.3, 0.4) is 0 Å². The molecular weight excluding hydrogens is 254 g/mol. The lowest BCUT2D eigenvalue weighted by Crippen LogP contribution is -2.45. The molecule has 0 aliphatic heterocycles. The first kappa shape index (κ1) is 17.0. The smallest absolute Gasteiger partial charge is 0.244 e. The van der Waals surface area contributed by atoms with Crippen molar-refractivity contribution in [1.29, 1.82) is 0 Å². The molecule has 0 heterocycles. The minimum Gasteiger partial charge on any atom is -0.345 e. The van der Waals surface area contributed by atoms with Crippen LogP contribution in [0.4, 0.5) is 0 Å². The standard InChI is InChI=1S/C15H29N3O2/c1-4-18(3)15(20)11(2)17-14(19)10-7-12-5-8-13(16)9-6-12/h11-13H,4-10,16H2,1-3H3,(H,17,19). The molecular formula is C15H29N3O2. The average Bonchev–Trinajstić information content (AvgIpc) is 2.44. The third-order valence-electron chi connectivity index (χ3n) is 4.27. The van der Waals surface area contributed by atoms with Gasteiger partial charge in [-0.1, -0.05) is 0 Å². The van der Waals surface area contributed by atoms with Gasteiger partial charge in [0.25, 0.3) is 0 Å². The van der Waals surface area contributed by atoms with Crippen LogP contribution in [0.25, 0.3) is 0 Å². The predicted molar refractivity (Wildman–Crippen MR) is 80.1 cm³/mol. The minimum absolute atomic E-state index is 0.0229. The van der Waals surface area contributed by atoms with Crippen LogP contribution in [0.1, 0.15) is 52.4 Å². The highest BCUT2D eigenvalue weighted by Gasteiger charge is 2.21. The van der Waals surface area contributed by atoms with Crippen LogP contribution >= 0.6 is 0 Å². The molecule has 1 fully saturated rings. The van der Waals surface area contributed by atoms with Gasteiger partial charge in [-0.15, -0.1) is 0 Å². The first-order valence-electron chi connectivity index (χ1n) is 7.74. The van der Waals surface area contributed by atoms with E-state index in [0.717, 1.165) is 32.1 Å². The molecule has 20 heavy (non-hydrogen) atoms. The normalized spacial score (nSPS) is 24.0. The molecule has 1 rings (SSSR count). The van der Waals surface area contributed by atoms with E-state index in [0.29, 0.717) is 24.9 Å².